The molecule has 0 aromatic heterocycles. The molecule has 1 fully saturated rings. The van der Waals surface area contributed by atoms with Crippen LogP contribution in [0.3, 0.4) is 0 Å². The molecule has 1 heterocycles. The van der Waals surface area contributed by atoms with Crippen LogP contribution in [0.15, 0.2) is 24.3 Å². The number of nitro groups is 1. The molecule has 0 spiro atoms. The minimum Gasteiger partial charge on any atom is -0.460 e. The molecule has 2 radical (unpaired) electrons. The minimum absolute atomic E-state index is 0.106. The lowest BCUT2D eigenvalue weighted by Gasteiger charge is -2.17. The number of hydrogen-bond acceptors (Lipinski definition) is 7. The standard InChI is InChI=1S/C16H18BNO7/c1-2-12-13(9-14(17)24-12)25-16(20)8-7-15(19)23-11-5-3-10(4-6-11)18(21)22/h3-6,12-14H,2,7-9H2,1H3. The molecule has 1 saturated heterocycles. The number of carbonyl (C=O) groups is 2. The SMILES string of the molecule is [B]C1CC(OC(=O)CCC(=O)Oc2ccc([N+](=O)[O-])cc2)C(CC)O1. The molecule has 0 aliphatic carbocycles. The predicted molar refractivity (Wildman–Crippen MR) is 87.2 cm³/mol. The zero-order chi connectivity index (χ0) is 18.4. The number of nitrogens with zero attached hydrogens (tertiary/aromatic N) is 1. The fourth-order valence-electron chi connectivity index (χ4n) is 2.48. The lowest BCUT2D eigenvalue weighted by Crippen LogP contribution is -2.27. The van der Waals surface area contributed by atoms with Gasteiger partial charge in [0.15, 0.2) is 0 Å². The molecular weight excluding hydrogens is 329 g/mol. The summed E-state index contributed by atoms with van der Waals surface area (Å²) >= 11 is 0. The van der Waals surface area contributed by atoms with Crippen LogP contribution in [0.1, 0.15) is 32.6 Å². The van der Waals surface area contributed by atoms with E-state index < -0.39 is 29.0 Å². The van der Waals surface area contributed by atoms with E-state index in [0.29, 0.717) is 12.8 Å². The maximum Gasteiger partial charge on any atom is 0.311 e. The van der Waals surface area contributed by atoms with E-state index in [1.807, 2.05) is 6.92 Å². The average molecular weight is 347 g/mol. The van der Waals surface area contributed by atoms with Gasteiger partial charge in [0.2, 0.25) is 0 Å². The number of benzene rings is 1. The number of nitro benzene ring substituents is 1. The first-order valence-corrected chi connectivity index (χ1v) is 7.94. The fourth-order valence-corrected chi connectivity index (χ4v) is 2.48. The maximum atomic E-state index is 11.8. The van der Waals surface area contributed by atoms with Crippen molar-refractivity contribution < 1.29 is 28.7 Å². The van der Waals surface area contributed by atoms with Crippen LogP contribution in [0.2, 0.25) is 0 Å². The van der Waals surface area contributed by atoms with E-state index in [2.05, 4.69) is 0 Å². The summed E-state index contributed by atoms with van der Waals surface area (Å²) in [5, 5.41) is 10.5. The maximum absolute atomic E-state index is 11.8. The van der Waals surface area contributed by atoms with Crippen molar-refractivity contribution in [3.63, 3.8) is 0 Å². The monoisotopic (exact) mass is 347 g/mol. The van der Waals surface area contributed by atoms with E-state index in [4.69, 9.17) is 22.1 Å². The average Bonchev–Trinajstić information content (AvgIpc) is 2.93. The van der Waals surface area contributed by atoms with E-state index in [-0.39, 0.29) is 30.4 Å². The molecule has 0 N–H and O–H groups in total. The third-order valence-electron chi connectivity index (χ3n) is 3.73. The number of ether oxygens (including phenoxy) is 3. The first-order chi connectivity index (χ1) is 11.9. The van der Waals surface area contributed by atoms with Crippen LogP contribution >= 0.6 is 0 Å². The van der Waals surface area contributed by atoms with Crippen LogP contribution in [0, 0.1) is 10.1 Å². The van der Waals surface area contributed by atoms with Gasteiger partial charge in [0, 0.05) is 24.6 Å². The van der Waals surface area contributed by atoms with E-state index >= 15 is 0 Å². The molecule has 0 saturated carbocycles. The number of rotatable bonds is 7. The minimum atomic E-state index is -0.628. The van der Waals surface area contributed by atoms with Gasteiger partial charge in [0.25, 0.3) is 5.69 Å². The third kappa shape index (κ3) is 5.56. The molecule has 0 bridgehead atoms. The highest BCUT2D eigenvalue weighted by atomic mass is 16.6. The molecule has 3 atom stereocenters. The third-order valence-corrected chi connectivity index (χ3v) is 3.73. The molecular formula is C16H18BNO7. The Labute approximate surface area is 146 Å². The zero-order valence-corrected chi connectivity index (χ0v) is 13.8. The summed E-state index contributed by atoms with van der Waals surface area (Å²) in [6.07, 6.45) is 0.176. The molecule has 2 rings (SSSR count). The Morgan fingerprint density at radius 3 is 2.52 bits per heavy atom. The van der Waals surface area contributed by atoms with Gasteiger partial charge >= 0.3 is 11.9 Å². The van der Waals surface area contributed by atoms with Crippen LogP contribution in [-0.4, -0.2) is 42.9 Å². The molecule has 25 heavy (non-hydrogen) atoms. The quantitative estimate of drug-likeness (QED) is 0.244. The molecule has 9 heteroatoms. The van der Waals surface area contributed by atoms with Crippen LogP contribution in [0.4, 0.5) is 5.69 Å². The molecule has 1 aliphatic rings. The summed E-state index contributed by atoms with van der Waals surface area (Å²) in [7, 11) is 5.67. The van der Waals surface area contributed by atoms with E-state index in [9.17, 15) is 19.7 Å². The van der Waals surface area contributed by atoms with Crippen molar-refractivity contribution in [1.29, 1.82) is 0 Å². The highest BCUT2D eigenvalue weighted by Gasteiger charge is 2.34. The molecule has 1 aromatic carbocycles. The Morgan fingerprint density at radius 1 is 1.28 bits per heavy atom. The van der Waals surface area contributed by atoms with Crippen LogP contribution < -0.4 is 4.74 Å². The van der Waals surface area contributed by atoms with Crippen LogP contribution in [0.25, 0.3) is 0 Å². The highest BCUT2D eigenvalue weighted by Crippen LogP contribution is 2.24. The van der Waals surface area contributed by atoms with Crippen LogP contribution in [0.5, 0.6) is 5.75 Å². The second-order valence-corrected chi connectivity index (χ2v) is 5.61. The Kier molecular flexibility index (Phi) is 6.52. The van der Waals surface area contributed by atoms with E-state index in [1.165, 1.54) is 24.3 Å². The lowest BCUT2D eigenvalue weighted by molar-refractivity contribution is -0.384. The highest BCUT2D eigenvalue weighted by molar-refractivity contribution is 6.11. The van der Waals surface area contributed by atoms with Crippen molar-refractivity contribution in [2.75, 3.05) is 0 Å². The summed E-state index contributed by atoms with van der Waals surface area (Å²) in [6, 6.07) is 4.64. The zero-order valence-electron chi connectivity index (χ0n) is 13.8. The number of hydrogen-bond donors (Lipinski definition) is 0. The normalized spacial score (nSPS) is 22.4. The van der Waals surface area contributed by atoms with Crippen molar-refractivity contribution >= 4 is 25.5 Å². The first kappa shape index (κ1) is 18.9. The Balaban J connectivity index is 1.75. The van der Waals surface area contributed by atoms with Gasteiger partial charge in [-0.25, -0.2) is 0 Å². The van der Waals surface area contributed by atoms with Gasteiger partial charge in [-0.3, -0.25) is 19.7 Å². The fraction of sp³-hybridized carbons (Fsp3) is 0.500. The number of non-ortho nitro benzene ring substituents is 1. The molecule has 1 aliphatic heterocycles. The van der Waals surface area contributed by atoms with Gasteiger partial charge in [0.1, 0.15) is 19.7 Å². The number of esters is 2. The van der Waals surface area contributed by atoms with E-state index in [1.54, 1.807) is 0 Å². The smallest absolute Gasteiger partial charge is 0.311 e. The summed E-state index contributed by atoms with van der Waals surface area (Å²) < 4.78 is 15.7. The Hall–Kier alpha value is -2.42. The van der Waals surface area contributed by atoms with Crippen LogP contribution in [-0.2, 0) is 19.1 Å². The van der Waals surface area contributed by atoms with Crippen molar-refractivity contribution in [3.05, 3.63) is 34.4 Å². The van der Waals surface area contributed by atoms with Crippen molar-refractivity contribution in [2.45, 2.75) is 50.8 Å². The molecule has 132 valence electrons. The van der Waals surface area contributed by atoms with Crippen molar-refractivity contribution in [1.82, 2.24) is 0 Å². The second-order valence-electron chi connectivity index (χ2n) is 5.61. The van der Waals surface area contributed by atoms with Gasteiger partial charge < -0.3 is 14.2 Å². The lowest BCUT2D eigenvalue weighted by atomic mass is 9.96. The summed E-state index contributed by atoms with van der Waals surface area (Å²) in [4.78, 5) is 33.6. The van der Waals surface area contributed by atoms with Gasteiger partial charge in [-0.15, -0.1) is 0 Å². The summed E-state index contributed by atoms with van der Waals surface area (Å²) in [5.41, 5.74) is -0.106. The van der Waals surface area contributed by atoms with Gasteiger partial charge in [0.05, 0.1) is 23.9 Å². The topological polar surface area (TPSA) is 105 Å². The summed E-state index contributed by atoms with van der Waals surface area (Å²) in [5.74, 6) is -0.982. The molecule has 1 aromatic rings. The van der Waals surface area contributed by atoms with Gasteiger partial charge in [-0.2, -0.15) is 0 Å². The Morgan fingerprint density at radius 2 is 1.92 bits per heavy atom. The first-order valence-electron chi connectivity index (χ1n) is 7.94. The van der Waals surface area contributed by atoms with Gasteiger partial charge in [-0.05, 0) is 18.6 Å². The molecule has 3 unspecified atom stereocenters. The molecule has 8 nitrogen and oxygen atoms in total. The largest absolute Gasteiger partial charge is 0.460 e. The summed E-state index contributed by atoms with van der Waals surface area (Å²) in [6.45, 7) is 1.91. The molecule has 0 amide bonds. The second kappa shape index (κ2) is 8.61. The number of carbonyl (C=O) groups excluding carboxylic acids is 2. The van der Waals surface area contributed by atoms with Gasteiger partial charge in [-0.1, -0.05) is 6.92 Å². The predicted octanol–water partition coefficient (Wildman–Crippen LogP) is 1.89. The van der Waals surface area contributed by atoms with E-state index in [0.717, 1.165) is 0 Å². The Bertz CT molecular complexity index is 634. The van der Waals surface area contributed by atoms with Crippen molar-refractivity contribution in [2.24, 2.45) is 0 Å². The van der Waals surface area contributed by atoms with Crippen molar-refractivity contribution in [3.8, 4) is 5.75 Å².